The van der Waals surface area contributed by atoms with Gasteiger partial charge in [-0.2, -0.15) is 5.26 Å². The SMILES string of the molecule is N#Cc1c(N)n(CC[NH3+])c2nc3ccccc3nc12. The summed E-state index contributed by atoms with van der Waals surface area (Å²) in [6.07, 6.45) is 0. The molecular formula is C13H13N6+. The largest absolute Gasteiger partial charge is 0.384 e. The van der Waals surface area contributed by atoms with Crippen molar-refractivity contribution in [2.24, 2.45) is 0 Å². The average molecular weight is 253 g/mol. The van der Waals surface area contributed by atoms with E-state index in [1.807, 2.05) is 24.3 Å². The first-order chi connectivity index (χ1) is 9.26. The number of hydrogen-bond donors (Lipinski definition) is 2. The van der Waals surface area contributed by atoms with Crippen molar-refractivity contribution in [1.82, 2.24) is 14.5 Å². The highest BCUT2D eigenvalue weighted by Gasteiger charge is 2.18. The third-order valence-corrected chi connectivity index (χ3v) is 3.09. The maximum absolute atomic E-state index is 9.24. The zero-order valence-corrected chi connectivity index (χ0v) is 10.3. The lowest BCUT2D eigenvalue weighted by Crippen LogP contribution is -2.52. The molecule has 0 unspecified atom stereocenters. The first-order valence-electron chi connectivity index (χ1n) is 6.00. The van der Waals surface area contributed by atoms with E-state index >= 15 is 0 Å². The van der Waals surface area contributed by atoms with Gasteiger partial charge in [-0.15, -0.1) is 0 Å². The lowest BCUT2D eigenvalue weighted by atomic mass is 10.2. The van der Waals surface area contributed by atoms with Crippen LogP contribution in [0.15, 0.2) is 24.3 Å². The molecular weight excluding hydrogens is 240 g/mol. The zero-order valence-electron chi connectivity index (χ0n) is 10.3. The van der Waals surface area contributed by atoms with Crippen molar-refractivity contribution in [3.63, 3.8) is 0 Å². The standard InChI is InChI=1S/C13H12N6/c14-5-6-19-12(16)8(7-15)11-13(19)18-10-4-2-1-3-9(10)17-11/h1-4H,5-6,14,16H2/p+1. The number of fused-ring (bicyclic) bond motifs is 2. The fourth-order valence-corrected chi connectivity index (χ4v) is 2.21. The summed E-state index contributed by atoms with van der Waals surface area (Å²) in [5.74, 6) is 0.413. The molecule has 19 heavy (non-hydrogen) atoms. The average Bonchev–Trinajstić information content (AvgIpc) is 2.69. The summed E-state index contributed by atoms with van der Waals surface area (Å²) < 4.78 is 1.81. The number of aromatic nitrogens is 3. The third-order valence-electron chi connectivity index (χ3n) is 3.09. The Bertz CT molecular complexity index is 811. The lowest BCUT2D eigenvalue weighted by Gasteiger charge is -2.03. The van der Waals surface area contributed by atoms with Crippen molar-refractivity contribution in [3.05, 3.63) is 29.8 Å². The fraction of sp³-hybridized carbons (Fsp3) is 0.154. The number of quaternary nitrogens is 1. The number of nitrogens with two attached hydrogens (primary N) is 1. The maximum atomic E-state index is 9.24. The van der Waals surface area contributed by atoms with Crippen LogP contribution in [0.1, 0.15) is 5.56 Å². The fourth-order valence-electron chi connectivity index (χ4n) is 2.21. The van der Waals surface area contributed by atoms with Crippen molar-refractivity contribution in [3.8, 4) is 6.07 Å². The number of nitrogen functional groups attached to an aromatic ring is 1. The van der Waals surface area contributed by atoms with Crippen LogP contribution >= 0.6 is 0 Å². The molecule has 6 heteroatoms. The molecule has 0 amide bonds. The lowest BCUT2D eigenvalue weighted by molar-refractivity contribution is -0.369. The van der Waals surface area contributed by atoms with E-state index in [4.69, 9.17) is 5.73 Å². The molecule has 6 nitrogen and oxygen atoms in total. The highest BCUT2D eigenvalue weighted by atomic mass is 15.1. The van der Waals surface area contributed by atoms with Crippen LogP contribution in [0.2, 0.25) is 0 Å². The van der Waals surface area contributed by atoms with E-state index in [1.54, 1.807) is 4.57 Å². The molecule has 3 aromatic rings. The van der Waals surface area contributed by atoms with Gasteiger partial charge < -0.3 is 16.0 Å². The summed E-state index contributed by atoms with van der Waals surface area (Å²) in [7, 11) is 0. The number of benzene rings is 1. The molecule has 3 rings (SSSR count). The molecule has 0 aliphatic rings. The van der Waals surface area contributed by atoms with Gasteiger partial charge in [0, 0.05) is 0 Å². The number of nitriles is 1. The van der Waals surface area contributed by atoms with Gasteiger partial charge in [0.1, 0.15) is 23.0 Å². The Labute approximate surface area is 109 Å². The molecule has 0 fully saturated rings. The Morgan fingerprint density at radius 2 is 1.95 bits per heavy atom. The Morgan fingerprint density at radius 1 is 1.26 bits per heavy atom. The molecule has 2 aromatic heterocycles. The Morgan fingerprint density at radius 3 is 2.58 bits per heavy atom. The molecule has 0 saturated carbocycles. The zero-order chi connectivity index (χ0) is 13.4. The highest BCUT2D eigenvalue weighted by Crippen LogP contribution is 2.26. The van der Waals surface area contributed by atoms with E-state index in [0.29, 0.717) is 35.6 Å². The predicted molar refractivity (Wildman–Crippen MR) is 71.9 cm³/mol. The van der Waals surface area contributed by atoms with Gasteiger partial charge >= 0.3 is 0 Å². The predicted octanol–water partition coefficient (Wildman–Crippen LogP) is 0.280. The van der Waals surface area contributed by atoms with Gasteiger partial charge in [0.25, 0.3) is 0 Å². The third kappa shape index (κ3) is 1.60. The van der Waals surface area contributed by atoms with E-state index in [-0.39, 0.29) is 0 Å². The highest BCUT2D eigenvalue weighted by molar-refractivity contribution is 5.92. The second-order valence-electron chi connectivity index (χ2n) is 4.26. The minimum atomic E-state index is 0.390. The van der Waals surface area contributed by atoms with E-state index in [1.165, 1.54) is 0 Å². The van der Waals surface area contributed by atoms with Gasteiger partial charge in [-0.25, -0.2) is 9.97 Å². The molecule has 0 radical (unpaired) electrons. The van der Waals surface area contributed by atoms with Gasteiger partial charge in [0.15, 0.2) is 5.65 Å². The molecule has 5 N–H and O–H groups in total. The van der Waals surface area contributed by atoms with Crippen LogP contribution in [0.3, 0.4) is 0 Å². The summed E-state index contributed by atoms with van der Waals surface area (Å²) in [5.41, 5.74) is 13.0. The van der Waals surface area contributed by atoms with Crippen molar-refractivity contribution < 1.29 is 5.73 Å². The van der Waals surface area contributed by atoms with Gasteiger partial charge in [-0.05, 0) is 12.1 Å². The van der Waals surface area contributed by atoms with Crippen LogP contribution in [0.5, 0.6) is 0 Å². The smallest absolute Gasteiger partial charge is 0.162 e. The normalized spacial score (nSPS) is 10.9. The maximum Gasteiger partial charge on any atom is 0.162 e. The van der Waals surface area contributed by atoms with E-state index in [0.717, 1.165) is 11.0 Å². The molecule has 0 bridgehead atoms. The van der Waals surface area contributed by atoms with Crippen molar-refractivity contribution in [2.45, 2.75) is 6.54 Å². The van der Waals surface area contributed by atoms with Crippen LogP contribution in [-0.4, -0.2) is 21.1 Å². The molecule has 94 valence electrons. The molecule has 0 saturated heterocycles. The first kappa shape index (κ1) is 11.4. The van der Waals surface area contributed by atoms with Gasteiger partial charge in [-0.3, -0.25) is 0 Å². The summed E-state index contributed by atoms with van der Waals surface area (Å²) in [4.78, 5) is 9.07. The summed E-state index contributed by atoms with van der Waals surface area (Å²) >= 11 is 0. The van der Waals surface area contributed by atoms with E-state index < -0.39 is 0 Å². The van der Waals surface area contributed by atoms with Crippen molar-refractivity contribution in [2.75, 3.05) is 12.3 Å². The number of rotatable bonds is 2. The Kier molecular flexibility index (Phi) is 2.54. The number of para-hydroxylation sites is 2. The Balaban J connectivity index is 2.46. The van der Waals surface area contributed by atoms with Crippen LogP contribution in [0.25, 0.3) is 22.2 Å². The number of nitrogens with zero attached hydrogens (tertiary/aromatic N) is 4. The van der Waals surface area contributed by atoms with Crippen molar-refractivity contribution in [1.29, 1.82) is 5.26 Å². The van der Waals surface area contributed by atoms with Gasteiger partial charge in [-0.1, -0.05) is 12.1 Å². The van der Waals surface area contributed by atoms with Crippen LogP contribution in [0, 0.1) is 11.3 Å². The second-order valence-corrected chi connectivity index (χ2v) is 4.26. The topological polar surface area (TPSA) is 108 Å². The molecule has 0 atom stereocenters. The molecule has 0 spiro atoms. The second kappa shape index (κ2) is 4.23. The van der Waals surface area contributed by atoms with Crippen LogP contribution in [-0.2, 0) is 6.54 Å². The van der Waals surface area contributed by atoms with Gasteiger partial charge in [0.05, 0.1) is 24.1 Å². The van der Waals surface area contributed by atoms with Crippen LogP contribution < -0.4 is 11.5 Å². The summed E-state index contributed by atoms with van der Waals surface area (Å²) in [6, 6.07) is 9.68. The van der Waals surface area contributed by atoms with Crippen molar-refractivity contribution >= 4 is 28.0 Å². The minimum Gasteiger partial charge on any atom is -0.384 e. The van der Waals surface area contributed by atoms with Crippen LogP contribution in [0.4, 0.5) is 5.82 Å². The monoisotopic (exact) mass is 253 g/mol. The quantitative estimate of drug-likeness (QED) is 0.683. The molecule has 0 aliphatic heterocycles. The molecule has 2 heterocycles. The molecule has 1 aromatic carbocycles. The summed E-state index contributed by atoms with van der Waals surface area (Å²) in [6.45, 7) is 1.30. The van der Waals surface area contributed by atoms with E-state index in [2.05, 4.69) is 21.8 Å². The first-order valence-corrected chi connectivity index (χ1v) is 6.00. The van der Waals surface area contributed by atoms with Gasteiger partial charge in [0.2, 0.25) is 0 Å². The number of anilines is 1. The Hall–Kier alpha value is -2.65. The minimum absolute atomic E-state index is 0.390. The van der Waals surface area contributed by atoms with E-state index in [9.17, 15) is 5.26 Å². The molecule has 0 aliphatic carbocycles. The summed E-state index contributed by atoms with van der Waals surface area (Å²) in [5, 5.41) is 9.24. The number of hydrogen-bond acceptors (Lipinski definition) is 4.